The number of rotatable bonds is 3. The van der Waals surface area contributed by atoms with Gasteiger partial charge in [0.15, 0.2) is 0 Å². The van der Waals surface area contributed by atoms with Gasteiger partial charge in [0.2, 0.25) is 5.91 Å². The van der Waals surface area contributed by atoms with Crippen molar-refractivity contribution in [2.24, 2.45) is 5.92 Å². The van der Waals surface area contributed by atoms with E-state index in [9.17, 15) is 4.79 Å². The van der Waals surface area contributed by atoms with Gasteiger partial charge in [0.25, 0.3) is 0 Å². The topological polar surface area (TPSA) is 29.1 Å². The summed E-state index contributed by atoms with van der Waals surface area (Å²) >= 11 is 0. The Bertz CT molecular complexity index is 358. The molecule has 0 heterocycles. The van der Waals surface area contributed by atoms with Crippen LogP contribution >= 0.6 is 0 Å². The second-order valence-electron chi connectivity index (χ2n) is 4.10. The molecule has 1 amide bonds. The second kappa shape index (κ2) is 4.96. The lowest BCUT2D eigenvalue weighted by molar-refractivity contribution is -0.119. The first-order valence-electron chi connectivity index (χ1n) is 5.42. The Labute approximate surface area is 91.7 Å². The highest BCUT2D eigenvalue weighted by molar-refractivity contribution is 5.92. The number of nitrogens with one attached hydrogen (secondary N) is 1. The van der Waals surface area contributed by atoms with Crippen molar-refractivity contribution in [3.63, 3.8) is 0 Å². The van der Waals surface area contributed by atoms with Gasteiger partial charge in [-0.25, -0.2) is 0 Å². The number of carbonyl (C=O) groups is 1. The van der Waals surface area contributed by atoms with E-state index >= 15 is 0 Å². The quantitative estimate of drug-likeness (QED) is 0.806. The van der Waals surface area contributed by atoms with Crippen LogP contribution in [-0.2, 0) is 4.79 Å². The largest absolute Gasteiger partial charge is 0.326 e. The van der Waals surface area contributed by atoms with E-state index in [1.807, 2.05) is 39.0 Å². The number of anilines is 1. The molecule has 0 fully saturated rings. The lowest BCUT2D eigenvalue weighted by Gasteiger charge is -2.11. The van der Waals surface area contributed by atoms with Crippen molar-refractivity contribution in [1.29, 1.82) is 0 Å². The average molecular weight is 205 g/mol. The first-order valence-corrected chi connectivity index (χ1v) is 5.42. The van der Waals surface area contributed by atoms with Crippen molar-refractivity contribution >= 4 is 11.6 Å². The molecular formula is C13H19NO. The third kappa shape index (κ3) is 3.08. The van der Waals surface area contributed by atoms with Crippen LogP contribution in [0.15, 0.2) is 18.2 Å². The second-order valence-corrected chi connectivity index (χ2v) is 4.10. The number of carbonyl (C=O) groups excluding carboxylic acids is 1. The van der Waals surface area contributed by atoms with Crippen LogP contribution < -0.4 is 5.32 Å². The van der Waals surface area contributed by atoms with Crippen LogP contribution in [0.4, 0.5) is 5.69 Å². The van der Waals surface area contributed by atoms with Gasteiger partial charge >= 0.3 is 0 Å². The van der Waals surface area contributed by atoms with Crippen molar-refractivity contribution in [3.05, 3.63) is 29.3 Å². The van der Waals surface area contributed by atoms with Crippen LogP contribution in [0.1, 0.15) is 31.4 Å². The molecule has 1 aromatic carbocycles. The molecule has 0 aliphatic heterocycles. The molecule has 0 saturated heterocycles. The Morgan fingerprint density at radius 2 is 2.00 bits per heavy atom. The van der Waals surface area contributed by atoms with E-state index in [0.717, 1.165) is 12.1 Å². The zero-order chi connectivity index (χ0) is 11.4. The summed E-state index contributed by atoms with van der Waals surface area (Å²) in [5.74, 6) is 0.173. The Hall–Kier alpha value is -1.31. The van der Waals surface area contributed by atoms with Crippen LogP contribution in [-0.4, -0.2) is 5.91 Å². The Morgan fingerprint density at radius 3 is 2.53 bits per heavy atom. The SMILES string of the molecule is CC[C@@H](C)C(=O)Nc1ccc(C)c(C)c1. The van der Waals surface area contributed by atoms with E-state index in [0.29, 0.717) is 0 Å². The monoisotopic (exact) mass is 205 g/mol. The molecule has 2 nitrogen and oxygen atoms in total. The predicted molar refractivity (Wildman–Crippen MR) is 64.0 cm³/mol. The van der Waals surface area contributed by atoms with Crippen molar-refractivity contribution in [2.75, 3.05) is 5.32 Å². The Morgan fingerprint density at radius 1 is 1.33 bits per heavy atom. The molecule has 1 aromatic rings. The van der Waals surface area contributed by atoms with E-state index in [4.69, 9.17) is 0 Å². The Balaban J connectivity index is 2.73. The van der Waals surface area contributed by atoms with Gasteiger partial charge in [-0.15, -0.1) is 0 Å². The standard InChI is InChI=1S/C13H19NO/c1-5-9(2)13(15)14-12-7-6-10(3)11(4)8-12/h6-9H,5H2,1-4H3,(H,14,15)/t9-/m1/s1. The lowest BCUT2D eigenvalue weighted by atomic mass is 10.1. The number of benzene rings is 1. The van der Waals surface area contributed by atoms with E-state index in [2.05, 4.69) is 12.2 Å². The molecule has 1 N–H and O–H groups in total. The van der Waals surface area contributed by atoms with Crippen LogP contribution in [0.3, 0.4) is 0 Å². The van der Waals surface area contributed by atoms with Crippen molar-refractivity contribution in [3.8, 4) is 0 Å². The summed E-state index contributed by atoms with van der Waals surface area (Å²) < 4.78 is 0. The maximum Gasteiger partial charge on any atom is 0.227 e. The van der Waals surface area contributed by atoms with Crippen molar-refractivity contribution in [2.45, 2.75) is 34.1 Å². The highest BCUT2D eigenvalue weighted by Crippen LogP contribution is 2.15. The molecule has 0 spiro atoms. The summed E-state index contributed by atoms with van der Waals surface area (Å²) in [4.78, 5) is 11.6. The lowest BCUT2D eigenvalue weighted by Crippen LogP contribution is -2.19. The number of hydrogen-bond acceptors (Lipinski definition) is 1. The van der Waals surface area contributed by atoms with Gasteiger partial charge in [0.1, 0.15) is 0 Å². The summed E-state index contributed by atoms with van der Waals surface area (Å²) in [6, 6.07) is 5.99. The number of hydrogen-bond donors (Lipinski definition) is 1. The van der Waals surface area contributed by atoms with Crippen LogP contribution in [0.5, 0.6) is 0 Å². The molecule has 0 aliphatic rings. The minimum absolute atomic E-state index is 0.0756. The minimum Gasteiger partial charge on any atom is -0.326 e. The van der Waals surface area contributed by atoms with Crippen LogP contribution in [0.25, 0.3) is 0 Å². The first kappa shape index (κ1) is 11.8. The van der Waals surface area contributed by atoms with E-state index in [1.165, 1.54) is 11.1 Å². The molecule has 2 heteroatoms. The highest BCUT2D eigenvalue weighted by Gasteiger charge is 2.10. The summed E-state index contributed by atoms with van der Waals surface area (Å²) in [7, 11) is 0. The first-order chi connectivity index (χ1) is 7.04. The third-order valence-electron chi connectivity index (χ3n) is 2.83. The molecule has 82 valence electrons. The zero-order valence-electron chi connectivity index (χ0n) is 9.92. The summed E-state index contributed by atoms with van der Waals surface area (Å²) in [6.07, 6.45) is 0.872. The molecule has 0 saturated carbocycles. The van der Waals surface area contributed by atoms with Gasteiger partial charge in [0.05, 0.1) is 0 Å². The van der Waals surface area contributed by atoms with E-state index in [-0.39, 0.29) is 11.8 Å². The van der Waals surface area contributed by atoms with Crippen LogP contribution in [0, 0.1) is 19.8 Å². The molecule has 0 unspecified atom stereocenters. The van der Waals surface area contributed by atoms with Crippen LogP contribution in [0.2, 0.25) is 0 Å². The zero-order valence-corrected chi connectivity index (χ0v) is 9.92. The third-order valence-corrected chi connectivity index (χ3v) is 2.83. The molecule has 1 atom stereocenters. The summed E-state index contributed by atoms with van der Waals surface area (Å²) in [5, 5.41) is 2.92. The van der Waals surface area contributed by atoms with E-state index in [1.54, 1.807) is 0 Å². The molecule has 0 radical (unpaired) electrons. The summed E-state index contributed by atoms with van der Waals surface area (Å²) in [6.45, 7) is 8.07. The van der Waals surface area contributed by atoms with Gasteiger partial charge in [0, 0.05) is 11.6 Å². The Kier molecular flexibility index (Phi) is 3.89. The number of aryl methyl sites for hydroxylation is 2. The smallest absolute Gasteiger partial charge is 0.227 e. The maximum absolute atomic E-state index is 11.6. The fourth-order valence-electron chi connectivity index (χ4n) is 1.27. The molecule has 0 bridgehead atoms. The number of amides is 1. The highest BCUT2D eigenvalue weighted by atomic mass is 16.1. The van der Waals surface area contributed by atoms with Crippen molar-refractivity contribution in [1.82, 2.24) is 0 Å². The maximum atomic E-state index is 11.6. The summed E-state index contributed by atoms with van der Waals surface area (Å²) in [5.41, 5.74) is 3.34. The molecule has 0 aromatic heterocycles. The van der Waals surface area contributed by atoms with E-state index < -0.39 is 0 Å². The van der Waals surface area contributed by atoms with Gasteiger partial charge in [-0.3, -0.25) is 4.79 Å². The fourth-order valence-corrected chi connectivity index (χ4v) is 1.27. The molecule has 1 rings (SSSR count). The fraction of sp³-hybridized carbons (Fsp3) is 0.462. The minimum atomic E-state index is 0.0756. The molecular weight excluding hydrogens is 186 g/mol. The molecule has 15 heavy (non-hydrogen) atoms. The molecule has 0 aliphatic carbocycles. The van der Waals surface area contributed by atoms with Crippen molar-refractivity contribution < 1.29 is 4.79 Å². The van der Waals surface area contributed by atoms with Gasteiger partial charge in [-0.05, 0) is 43.5 Å². The predicted octanol–water partition coefficient (Wildman–Crippen LogP) is 3.29. The van der Waals surface area contributed by atoms with Gasteiger partial charge in [-0.2, -0.15) is 0 Å². The average Bonchev–Trinajstić information content (AvgIpc) is 2.22. The normalized spacial score (nSPS) is 12.3. The van der Waals surface area contributed by atoms with Gasteiger partial charge < -0.3 is 5.32 Å². The van der Waals surface area contributed by atoms with Gasteiger partial charge in [-0.1, -0.05) is 19.9 Å².